The molecule has 2 aromatic carbocycles. The summed E-state index contributed by atoms with van der Waals surface area (Å²) in [5.41, 5.74) is 2.17. The zero-order valence-corrected chi connectivity index (χ0v) is 23.1. The Morgan fingerprint density at radius 3 is 2.45 bits per heavy atom. The SMILES string of the molecule is CNc1cc(-n2nc(C)cc2Nc2cc(NC(=O)c3cc(C(C)N(C)C)cc(C(F)(F)F)c3)ccc2C)ncn1. The van der Waals surface area contributed by atoms with Crippen molar-refractivity contribution in [3.05, 3.63) is 82.8 Å². The van der Waals surface area contributed by atoms with Crippen molar-refractivity contribution < 1.29 is 18.0 Å². The first kappa shape index (κ1) is 28.6. The van der Waals surface area contributed by atoms with Crippen LogP contribution in [0.3, 0.4) is 0 Å². The molecule has 210 valence electrons. The predicted molar refractivity (Wildman–Crippen MR) is 149 cm³/mol. The molecule has 4 rings (SSSR count). The fraction of sp³-hybridized carbons (Fsp3) is 0.286. The van der Waals surface area contributed by atoms with Crippen LogP contribution in [0.2, 0.25) is 0 Å². The van der Waals surface area contributed by atoms with Gasteiger partial charge < -0.3 is 20.9 Å². The highest BCUT2D eigenvalue weighted by atomic mass is 19.4. The minimum atomic E-state index is -4.59. The Bertz CT molecular complexity index is 1530. The van der Waals surface area contributed by atoms with Gasteiger partial charge in [0.15, 0.2) is 5.82 Å². The lowest BCUT2D eigenvalue weighted by Gasteiger charge is -2.22. The van der Waals surface area contributed by atoms with E-state index >= 15 is 0 Å². The Balaban J connectivity index is 1.63. The van der Waals surface area contributed by atoms with Crippen molar-refractivity contribution in [3.63, 3.8) is 0 Å². The minimum Gasteiger partial charge on any atom is -0.373 e. The molecule has 0 aliphatic rings. The Hall–Kier alpha value is -4.45. The maximum Gasteiger partial charge on any atom is 0.416 e. The van der Waals surface area contributed by atoms with Crippen molar-refractivity contribution in [2.24, 2.45) is 0 Å². The van der Waals surface area contributed by atoms with Gasteiger partial charge in [-0.2, -0.15) is 23.0 Å². The standard InChI is InChI=1S/C28H31F3N8O/c1-16-7-8-22(35-27(40)20-10-19(18(3)38(5)6)11-21(12-20)28(29,30)31)13-23(16)36-26-9-17(2)37-39(26)25-14-24(32-4)33-15-34-25/h7-15,18,36H,1-6H3,(H,35,40)(H,32,33,34). The highest BCUT2D eigenvalue weighted by molar-refractivity contribution is 6.04. The van der Waals surface area contributed by atoms with E-state index in [9.17, 15) is 18.0 Å². The average Bonchev–Trinajstić information content (AvgIpc) is 3.29. The molecule has 1 amide bonds. The van der Waals surface area contributed by atoms with E-state index in [1.54, 1.807) is 61.9 Å². The fourth-order valence-electron chi connectivity index (χ4n) is 4.02. The molecule has 0 fully saturated rings. The summed E-state index contributed by atoms with van der Waals surface area (Å²) < 4.78 is 42.5. The van der Waals surface area contributed by atoms with Gasteiger partial charge in [-0.15, -0.1) is 0 Å². The zero-order valence-electron chi connectivity index (χ0n) is 23.1. The second-order valence-corrected chi connectivity index (χ2v) is 9.68. The van der Waals surface area contributed by atoms with E-state index in [1.807, 2.05) is 19.9 Å². The van der Waals surface area contributed by atoms with Gasteiger partial charge in [-0.25, -0.2) is 9.97 Å². The molecule has 0 spiro atoms. The second kappa shape index (κ2) is 11.3. The number of carbonyl (C=O) groups excluding carboxylic acids is 1. The second-order valence-electron chi connectivity index (χ2n) is 9.68. The number of alkyl halides is 3. The Kier molecular flexibility index (Phi) is 8.10. The summed E-state index contributed by atoms with van der Waals surface area (Å²) in [4.78, 5) is 23.4. The van der Waals surface area contributed by atoms with E-state index in [2.05, 4.69) is 31.0 Å². The Labute approximate surface area is 230 Å². The number of anilines is 4. The van der Waals surface area contributed by atoms with Crippen LogP contribution >= 0.6 is 0 Å². The Morgan fingerprint density at radius 2 is 1.77 bits per heavy atom. The predicted octanol–water partition coefficient (Wildman–Crippen LogP) is 5.96. The number of carbonyl (C=O) groups is 1. The normalized spacial score (nSPS) is 12.3. The lowest BCUT2D eigenvalue weighted by Crippen LogP contribution is -2.20. The van der Waals surface area contributed by atoms with Gasteiger partial charge in [0.05, 0.1) is 11.3 Å². The van der Waals surface area contributed by atoms with Crippen molar-refractivity contribution in [2.45, 2.75) is 33.0 Å². The summed E-state index contributed by atoms with van der Waals surface area (Å²) in [5, 5.41) is 13.6. The van der Waals surface area contributed by atoms with Crippen LogP contribution < -0.4 is 16.0 Å². The zero-order chi connectivity index (χ0) is 29.2. The van der Waals surface area contributed by atoms with E-state index < -0.39 is 17.6 Å². The highest BCUT2D eigenvalue weighted by Crippen LogP contribution is 2.33. The quantitative estimate of drug-likeness (QED) is 0.248. The van der Waals surface area contributed by atoms with Crippen molar-refractivity contribution in [3.8, 4) is 5.82 Å². The number of hydrogen-bond acceptors (Lipinski definition) is 7. The van der Waals surface area contributed by atoms with E-state index in [0.29, 0.717) is 34.4 Å². The average molecular weight is 553 g/mol. The first-order chi connectivity index (χ1) is 18.8. The highest BCUT2D eigenvalue weighted by Gasteiger charge is 2.32. The summed E-state index contributed by atoms with van der Waals surface area (Å²) in [5.74, 6) is 1.16. The smallest absolute Gasteiger partial charge is 0.373 e. The number of benzene rings is 2. The summed E-state index contributed by atoms with van der Waals surface area (Å²) in [6.45, 7) is 5.53. The fourth-order valence-corrected chi connectivity index (χ4v) is 4.02. The third kappa shape index (κ3) is 6.40. The van der Waals surface area contributed by atoms with Crippen LogP contribution in [0.4, 0.5) is 36.2 Å². The van der Waals surface area contributed by atoms with Crippen molar-refractivity contribution in [2.75, 3.05) is 37.1 Å². The molecule has 9 nitrogen and oxygen atoms in total. The van der Waals surface area contributed by atoms with Crippen molar-refractivity contribution >= 4 is 28.9 Å². The van der Waals surface area contributed by atoms with Gasteiger partial charge in [0.2, 0.25) is 0 Å². The van der Waals surface area contributed by atoms with Crippen LogP contribution in [-0.2, 0) is 6.18 Å². The third-order valence-electron chi connectivity index (χ3n) is 6.52. The molecule has 0 saturated heterocycles. The molecular formula is C28H31F3N8O. The topological polar surface area (TPSA) is 100 Å². The largest absolute Gasteiger partial charge is 0.416 e. The molecule has 0 aliphatic carbocycles. The minimum absolute atomic E-state index is 0.0774. The lowest BCUT2D eigenvalue weighted by molar-refractivity contribution is -0.137. The van der Waals surface area contributed by atoms with Crippen molar-refractivity contribution in [1.82, 2.24) is 24.6 Å². The first-order valence-electron chi connectivity index (χ1n) is 12.5. The number of aryl methyl sites for hydroxylation is 2. The van der Waals surface area contributed by atoms with Gasteiger partial charge in [-0.05, 0) is 76.3 Å². The number of amides is 1. The molecular weight excluding hydrogens is 521 g/mol. The lowest BCUT2D eigenvalue weighted by atomic mass is 9.99. The summed E-state index contributed by atoms with van der Waals surface area (Å²) >= 11 is 0. The summed E-state index contributed by atoms with van der Waals surface area (Å²) in [6.07, 6.45) is -3.15. The summed E-state index contributed by atoms with van der Waals surface area (Å²) in [6, 6.07) is 11.9. The van der Waals surface area contributed by atoms with Crippen LogP contribution in [0.5, 0.6) is 0 Å². The van der Waals surface area contributed by atoms with Gasteiger partial charge >= 0.3 is 6.18 Å². The number of nitrogens with one attached hydrogen (secondary N) is 3. The number of rotatable bonds is 8. The maximum absolute atomic E-state index is 13.6. The Morgan fingerprint density at radius 1 is 1.02 bits per heavy atom. The van der Waals surface area contributed by atoms with Gasteiger partial charge in [-0.3, -0.25) is 4.79 Å². The number of halogens is 3. The summed E-state index contributed by atoms with van der Waals surface area (Å²) in [7, 11) is 5.29. The monoisotopic (exact) mass is 552 g/mol. The van der Waals surface area contributed by atoms with E-state index in [1.165, 1.54) is 12.4 Å². The van der Waals surface area contributed by atoms with Gasteiger partial charge in [0.25, 0.3) is 5.91 Å². The molecule has 12 heteroatoms. The molecule has 0 aliphatic heterocycles. The van der Waals surface area contributed by atoms with Crippen LogP contribution in [-0.4, -0.2) is 51.7 Å². The van der Waals surface area contributed by atoms with Gasteiger partial charge in [0.1, 0.15) is 18.0 Å². The molecule has 2 heterocycles. The molecule has 0 saturated carbocycles. The molecule has 40 heavy (non-hydrogen) atoms. The molecule has 2 aromatic heterocycles. The van der Waals surface area contributed by atoms with Crippen LogP contribution in [0.15, 0.2) is 54.9 Å². The molecule has 1 atom stereocenters. The van der Waals surface area contributed by atoms with E-state index in [0.717, 1.165) is 23.4 Å². The maximum atomic E-state index is 13.6. The number of hydrogen-bond donors (Lipinski definition) is 3. The van der Waals surface area contributed by atoms with Crippen molar-refractivity contribution in [1.29, 1.82) is 0 Å². The van der Waals surface area contributed by atoms with E-state index in [-0.39, 0.29) is 11.6 Å². The van der Waals surface area contributed by atoms with E-state index in [4.69, 9.17) is 0 Å². The third-order valence-corrected chi connectivity index (χ3v) is 6.52. The molecule has 1 unspecified atom stereocenters. The molecule has 0 bridgehead atoms. The van der Waals surface area contributed by atoms with Crippen LogP contribution in [0.1, 0.15) is 45.7 Å². The van der Waals surface area contributed by atoms with Crippen LogP contribution in [0.25, 0.3) is 5.82 Å². The molecule has 3 N–H and O–H groups in total. The van der Waals surface area contributed by atoms with Gasteiger partial charge in [0, 0.05) is 42.2 Å². The van der Waals surface area contributed by atoms with Gasteiger partial charge in [-0.1, -0.05) is 6.07 Å². The molecule has 4 aromatic rings. The first-order valence-corrected chi connectivity index (χ1v) is 12.5. The molecule has 0 radical (unpaired) electrons. The number of aromatic nitrogens is 4. The van der Waals surface area contributed by atoms with Crippen LogP contribution in [0, 0.1) is 13.8 Å². The number of nitrogens with zero attached hydrogens (tertiary/aromatic N) is 5.